The zero-order valence-corrected chi connectivity index (χ0v) is 13.9. The number of aromatic nitrogens is 1. The van der Waals surface area contributed by atoms with E-state index in [1.54, 1.807) is 18.2 Å². The van der Waals surface area contributed by atoms with Crippen molar-refractivity contribution in [2.24, 2.45) is 0 Å². The second-order valence-corrected chi connectivity index (χ2v) is 5.84. The van der Waals surface area contributed by atoms with Gasteiger partial charge >= 0.3 is 0 Å². The van der Waals surface area contributed by atoms with Crippen LogP contribution in [0.5, 0.6) is 5.75 Å². The van der Waals surface area contributed by atoms with Crippen molar-refractivity contribution < 1.29 is 13.9 Å². The first kappa shape index (κ1) is 17.0. The minimum atomic E-state index is -0.370. The molecule has 2 N–H and O–H groups in total. The summed E-state index contributed by atoms with van der Waals surface area (Å²) >= 11 is 0. The molecule has 0 saturated heterocycles. The summed E-state index contributed by atoms with van der Waals surface area (Å²) in [4.78, 5) is 15.2. The first-order valence-corrected chi connectivity index (χ1v) is 8.43. The normalized spacial score (nSPS) is 10.8. The van der Waals surface area contributed by atoms with E-state index in [-0.39, 0.29) is 17.5 Å². The Morgan fingerprint density at radius 1 is 1.12 bits per heavy atom. The maximum atomic E-state index is 13.4. The van der Waals surface area contributed by atoms with Gasteiger partial charge in [0.25, 0.3) is 0 Å². The number of H-pyrrole nitrogens is 1. The molecule has 0 aliphatic heterocycles. The Morgan fingerprint density at radius 3 is 2.80 bits per heavy atom. The number of nitrogens with one attached hydrogen (secondary N) is 2. The molecule has 0 radical (unpaired) electrons. The van der Waals surface area contributed by atoms with Crippen molar-refractivity contribution in [2.75, 3.05) is 13.2 Å². The quantitative estimate of drug-likeness (QED) is 0.613. The van der Waals surface area contributed by atoms with E-state index in [1.165, 1.54) is 6.07 Å². The van der Waals surface area contributed by atoms with E-state index in [1.807, 2.05) is 24.4 Å². The molecular weight excluding hydrogens is 319 g/mol. The molecule has 0 aliphatic rings. The molecule has 130 valence electrons. The first-order chi connectivity index (χ1) is 12.2. The molecule has 0 unspecified atom stereocenters. The van der Waals surface area contributed by atoms with Crippen molar-refractivity contribution in [1.82, 2.24) is 10.3 Å². The van der Waals surface area contributed by atoms with Gasteiger partial charge in [-0.3, -0.25) is 4.79 Å². The number of aromatic amines is 1. The Labute approximate surface area is 146 Å². The Balaban J connectivity index is 1.35. The van der Waals surface area contributed by atoms with Crippen LogP contribution in [-0.2, 0) is 11.2 Å². The minimum absolute atomic E-state index is 0.0103. The number of carbonyl (C=O) groups is 1. The number of fused-ring (bicyclic) bond motifs is 1. The number of hydrogen-bond acceptors (Lipinski definition) is 2. The predicted octanol–water partition coefficient (Wildman–Crippen LogP) is 3.82. The van der Waals surface area contributed by atoms with E-state index in [2.05, 4.69) is 16.4 Å². The number of para-hydroxylation sites is 2. The van der Waals surface area contributed by atoms with Gasteiger partial charge in [0.1, 0.15) is 0 Å². The number of aryl methyl sites for hydroxylation is 1. The fourth-order valence-corrected chi connectivity index (χ4v) is 2.72. The van der Waals surface area contributed by atoms with E-state index in [0.29, 0.717) is 32.4 Å². The summed E-state index contributed by atoms with van der Waals surface area (Å²) in [6.07, 6.45) is 3.73. The Bertz CT molecular complexity index is 844. The van der Waals surface area contributed by atoms with E-state index in [4.69, 9.17) is 4.74 Å². The highest BCUT2D eigenvalue weighted by atomic mass is 19.1. The van der Waals surface area contributed by atoms with Gasteiger partial charge in [-0.15, -0.1) is 0 Å². The summed E-state index contributed by atoms with van der Waals surface area (Å²) in [7, 11) is 0. The van der Waals surface area contributed by atoms with Crippen molar-refractivity contribution in [3.8, 4) is 5.75 Å². The van der Waals surface area contributed by atoms with E-state index in [9.17, 15) is 9.18 Å². The van der Waals surface area contributed by atoms with Gasteiger partial charge in [-0.1, -0.05) is 30.3 Å². The van der Waals surface area contributed by atoms with Crippen LogP contribution in [0.15, 0.2) is 54.7 Å². The summed E-state index contributed by atoms with van der Waals surface area (Å²) in [5.41, 5.74) is 2.23. The summed E-state index contributed by atoms with van der Waals surface area (Å²) in [5.74, 6) is -0.116. The number of amides is 1. The van der Waals surface area contributed by atoms with Gasteiger partial charge < -0.3 is 15.0 Å². The van der Waals surface area contributed by atoms with Crippen LogP contribution in [0, 0.1) is 5.82 Å². The number of carbonyl (C=O) groups excluding carboxylic acids is 1. The lowest BCUT2D eigenvalue weighted by Crippen LogP contribution is -2.25. The first-order valence-electron chi connectivity index (χ1n) is 8.43. The molecule has 0 bridgehead atoms. The predicted molar refractivity (Wildman–Crippen MR) is 96.1 cm³/mol. The SMILES string of the molecule is O=C(CCc1c[nH]c2ccccc12)NCCCOc1ccccc1F. The average Bonchev–Trinajstić information content (AvgIpc) is 3.04. The highest BCUT2D eigenvalue weighted by molar-refractivity contribution is 5.84. The van der Waals surface area contributed by atoms with Gasteiger partial charge in [0.15, 0.2) is 11.6 Å². The number of ether oxygens (including phenoxy) is 1. The highest BCUT2D eigenvalue weighted by Crippen LogP contribution is 2.19. The lowest BCUT2D eigenvalue weighted by molar-refractivity contribution is -0.121. The van der Waals surface area contributed by atoms with Crippen molar-refractivity contribution in [1.29, 1.82) is 0 Å². The molecule has 3 aromatic rings. The lowest BCUT2D eigenvalue weighted by Gasteiger charge is -2.08. The third-order valence-electron chi connectivity index (χ3n) is 4.03. The molecule has 25 heavy (non-hydrogen) atoms. The third-order valence-corrected chi connectivity index (χ3v) is 4.03. The third kappa shape index (κ3) is 4.59. The van der Waals surface area contributed by atoms with Gasteiger partial charge in [-0.2, -0.15) is 0 Å². The summed E-state index contributed by atoms with van der Waals surface area (Å²) in [6.45, 7) is 0.880. The lowest BCUT2D eigenvalue weighted by atomic mass is 10.1. The number of benzene rings is 2. The van der Waals surface area contributed by atoms with Gasteiger partial charge in [0, 0.05) is 30.1 Å². The van der Waals surface area contributed by atoms with Crippen LogP contribution in [-0.4, -0.2) is 24.0 Å². The fraction of sp³-hybridized carbons (Fsp3) is 0.250. The van der Waals surface area contributed by atoms with E-state index >= 15 is 0 Å². The van der Waals surface area contributed by atoms with Gasteiger partial charge in [0.2, 0.25) is 5.91 Å². The Kier molecular flexibility index (Phi) is 5.67. The maximum absolute atomic E-state index is 13.4. The van der Waals surface area contributed by atoms with Crippen LogP contribution in [0.1, 0.15) is 18.4 Å². The Hall–Kier alpha value is -2.82. The molecule has 1 amide bonds. The smallest absolute Gasteiger partial charge is 0.220 e. The Morgan fingerprint density at radius 2 is 1.92 bits per heavy atom. The molecule has 1 heterocycles. The van der Waals surface area contributed by atoms with Crippen LogP contribution in [0.25, 0.3) is 10.9 Å². The van der Waals surface area contributed by atoms with Crippen LogP contribution < -0.4 is 10.1 Å². The van der Waals surface area contributed by atoms with Crippen molar-refractivity contribution in [3.63, 3.8) is 0 Å². The number of halogens is 1. The molecule has 0 fully saturated rings. The van der Waals surface area contributed by atoms with E-state index in [0.717, 1.165) is 16.5 Å². The standard InChI is InChI=1S/C20H21FN2O2/c21-17-7-2-4-9-19(17)25-13-5-12-22-20(24)11-10-15-14-23-18-8-3-1-6-16(15)18/h1-4,6-9,14,23H,5,10-13H2,(H,22,24). The van der Waals surface area contributed by atoms with Crippen LogP contribution in [0.2, 0.25) is 0 Å². The molecular formula is C20H21FN2O2. The topological polar surface area (TPSA) is 54.1 Å². The fourth-order valence-electron chi connectivity index (χ4n) is 2.72. The summed E-state index contributed by atoms with van der Waals surface area (Å²) < 4.78 is 18.7. The molecule has 0 atom stereocenters. The largest absolute Gasteiger partial charge is 0.490 e. The van der Waals surface area contributed by atoms with Crippen molar-refractivity contribution in [2.45, 2.75) is 19.3 Å². The molecule has 0 spiro atoms. The summed E-state index contributed by atoms with van der Waals surface area (Å²) in [6, 6.07) is 14.4. The van der Waals surface area contributed by atoms with Gasteiger partial charge in [0.05, 0.1) is 6.61 Å². The van der Waals surface area contributed by atoms with Crippen molar-refractivity contribution >= 4 is 16.8 Å². The van der Waals surface area contributed by atoms with E-state index < -0.39 is 0 Å². The van der Waals surface area contributed by atoms with Gasteiger partial charge in [-0.25, -0.2) is 4.39 Å². The van der Waals surface area contributed by atoms with Crippen LogP contribution >= 0.6 is 0 Å². The molecule has 3 rings (SSSR count). The second kappa shape index (κ2) is 8.33. The van der Waals surface area contributed by atoms with Gasteiger partial charge in [-0.05, 0) is 36.6 Å². The monoisotopic (exact) mass is 340 g/mol. The molecule has 0 saturated carbocycles. The molecule has 0 aliphatic carbocycles. The maximum Gasteiger partial charge on any atom is 0.220 e. The number of rotatable bonds is 8. The molecule has 5 heteroatoms. The molecule has 1 aromatic heterocycles. The zero-order chi connectivity index (χ0) is 17.5. The average molecular weight is 340 g/mol. The van der Waals surface area contributed by atoms with Crippen molar-refractivity contribution in [3.05, 3.63) is 66.1 Å². The highest BCUT2D eigenvalue weighted by Gasteiger charge is 2.06. The minimum Gasteiger partial charge on any atom is -0.490 e. The van der Waals surface area contributed by atoms with Crippen LogP contribution in [0.3, 0.4) is 0 Å². The zero-order valence-electron chi connectivity index (χ0n) is 13.9. The van der Waals surface area contributed by atoms with Crippen LogP contribution in [0.4, 0.5) is 4.39 Å². The number of hydrogen-bond donors (Lipinski definition) is 2. The summed E-state index contributed by atoms with van der Waals surface area (Å²) in [5, 5.41) is 4.03. The molecule has 4 nitrogen and oxygen atoms in total. The second-order valence-electron chi connectivity index (χ2n) is 5.84. The molecule has 2 aromatic carbocycles.